The summed E-state index contributed by atoms with van der Waals surface area (Å²) in [5.74, 6) is -1.32. The Labute approximate surface area is 185 Å². The maximum absolute atomic E-state index is 12.7. The summed E-state index contributed by atoms with van der Waals surface area (Å²) in [6.45, 7) is 3.33. The second-order valence-electron chi connectivity index (χ2n) is 8.07. The second-order valence-corrected chi connectivity index (χ2v) is 8.07. The topological polar surface area (TPSA) is 106 Å². The molecule has 1 aliphatic carbocycles. The summed E-state index contributed by atoms with van der Waals surface area (Å²) in [5.41, 5.74) is 3.04. The summed E-state index contributed by atoms with van der Waals surface area (Å²) in [5, 5.41) is 13.0. The molecule has 7 nitrogen and oxygen atoms in total. The molecular formula is C25H25NO6. The molecule has 0 aliphatic heterocycles. The molecule has 4 rings (SSSR count). The molecule has 0 radical (unpaired) electrons. The first-order chi connectivity index (χ1) is 15.4. The van der Waals surface area contributed by atoms with Gasteiger partial charge in [0.1, 0.15) is 11.3 Å². The number of carboxylic acid groups (broad SMARTS) is 1. The number of carbonyl (C=O) groups excluding carboxylic acids is 1. The van der Waals surface area contributed by atoms with Crippen LogP contribution in [0.4, 0.5) is 0 Å². The van der Waals surface area contributed by atoms with E-state index in [1.165, 1.54) is 0 Å². The number of hydrogen-bond donors (Lipinski definition) is 2. The van der Waals surface area contributed by atoms with Crippen LogP contribution < -0.4 is 15.7 Å². The molecule has 2 aromatic carbocycles. The third-order valence-corrected chi connectivity index (χ3v) is 5.93. The van der Waals surface area contributed by atoms with Crippen molar-refractivity contribution in [2.24, 2.45) is 0 Å². The van der Waals surface area contributed by atoms with Crippen molar-refractivity contribution in [1.29, 1.82) is 0 Å². The van der Waals surface area contributed by atoms with Crippen LogP contribution in [0.15, 0.2) is 51.7 Å². The first kappa shape index (κ1) is 21.6. The molecule has 1 aromatic heterocycles. The van der Waals surface area contributed by atoms with Gasteiger partial charge in [-0.2, -0.15) is 0 Å². The van der Waals surface area contributed by atoms with Gasteiger partial charge in [0.2, 0.25) is 0 Å². The molecule has 0 saturated heterocycles. The van der Waals surface area contributed by atoms with Crippen molar-refractivity contribution in [2.75, 3.05) is 0 Å². The summed E-state index contributed by atoms with van der Waals surface area (Å²) in [6.07, 6.45) is 2.63. The van der Waals surface area contributed by atoms with Gasteiger partial charge in [0.25, 0.3) is 5.91 Å². The number of hydrogen-bond acceptors (Lipinski definition) is 5. The van der Waals surface area contributed by atoms with E-state index in [1.54, 1.807) is 50.2 Å². The molecule has 2 N–H and O–H groups in total. The maximum atomic E-state index is 12.7. The Bertz CT molecular complexity index is 1230. The van der Waals surface area contributed by atoms with Crippen molar-refractivity contribution >= 4 is 22.8 Å². The van der Waals surface area contributed by atoms with Gasteiger partial charge >= 0.3 is 11.6 Å². The Morgan fingerprint density at radius 3 is 2.44 bits per heavy atom. The van der Waals surface area contributed by atoms with Crippen molar-refractivity contribution < 1.29 is 23.8 Å². The first-order valence-corrected chi connectivity index (χ1v) is 10.7. The van der Waals surface area contributed by atoms with Crippen LogP contribution in [0.1, 0.15) is 48.1 Å². The van der Waals surface area contributed by atoms with Crippen molar-refractivity contribution in [2.45, 2.75) is 51.7 Å². The second kappa shape index (κ2) is 8.86. The Balaban J connectivity index is 1.57. The first-order valence-electron chi connectivity index (χ1n) is 10.7. The predicted molar refractivity (Wildman–Crippen MR) is 119 cm³/mol. The van der Waals surface area contributed by atoms with E-state index in [1.807, 2.05) is 6.07 Å². The number of aryl methyl sites for hydroxylation is 2. The lowest BCUT2D eigenvalue weighted by Gasteiger charge is -2.21. The van der Waals surface area contributed by atoms with Crippen LogP contribution in [-0.4, -0.2) is 23.1 Å². The average Bonchev–Trinajstić information content (AvgIpc) is 2.80. The highest BCUT2D eigenvalue weighted by Gasteiger charge is 2.26. The largest absolute Gasteiger partial charge is 0.480 e. The summed E-state index contributed by atoms with van der Waals surface area (Å²) < 4.78 is 11.5. The van der Waals surface area contributed by atoms with Gasteiger partial charge < -0.3 is 19.6 Å². The van der Waals surface area contributed by atoms with E-state index in [0.29, 0.717) is 22.5 Å². The highest BCUT2D eigenvalue weighted by molar-refractivity contribution is 5.88. The molecule has 1 amide bonds. The minimum absolute atomic E-state index is 0.314. The number of fused-ring (bicyclic) bond motifs is 3. The highest BCUT2D eigenvalue weighted by atomic mass is 16.5. The molecule has 2 atom stereocenters. The fourth-order valence-electron chi connectivity index (χ4n) is 4.19. The fraction of sp³-hybridized carbons (Fsp3) is 0.320. The zero-order chi connectivity index (χ0) is 22.8. The summed E-state index contributed by atoms with van der Waals surface area (Å²) in [4.78, 5) is 36.8. The zero-order valence-corrected chi connectivity index (χ0v) is 18.0. The predicted octanol–water partition coefficient (Wildman–Crippen LogP) is 3.69. The maximum Gasteiger partial charge on any atom is 0.339 e. The minimum Gasteiger partial charge on any atom is -0.480 e. The lowest BCUT2D eigenvalue weighted by atomic mass is 9.90. The monoisotopic (exact) mass is 435 g/mol. The average molecular weight is 435 g/mol. The third kappa shape index (κ3) is 4.10. The van der Waals surface area contributed by atoms with Crippen molar-refractivity contribution in [1.82, 2.24) is 5.32 Å². The molecule has 0 unspecified atom stereocenters. The number of benzene rings is 2. The summed E-state index contributed by atoms with van der Waals surface area (Å²) >= 11 is 0. The van der Waals surface area contributed by atoms with Crippen molar-refractivity contribution in [3.8, 4) is 5.75 Å². The number of ether oxygens (including phenoxy) is 1. The van der Waals surface area contributed by atoms with E-state index < -0.39 is 24.0 Å². The number of amides is 1. The molecule has 0 bridgehead atoms. The standard InChI is InChI=1S/C25H25NO6/c1-14-20(13-12-18-17-10-6-7-11-19(17)25(30)32-22(14)18)31-15(2)23(27)26-21(24(28)29)16-8-4-3-5-9-16/h3-5,8-9,12-13,15,21H,6-7,10-11H2,1-2H3,(H,26,27)(H,28,29)/t15-,21+/m1/s1. The Morgan fingerprint density at radius 2 is 1.75 bits per heavy atom. The van der Waals surface area contributed by atoms with E-state index >= 15 is 0 Å². The number of aliphatic carboxylic acids is 1. The molecule has 0 spiro atoms. The number of carboxylic acids is 1. The van der Waals surface area contributed by atoms with E-state index in [0.717, 1.165) is 42.2 Å². The van der Waals surface area contributed by atoms with Crippen molar-refractivity contribution in [3.05, 3.63) is 75.1 Å². The highest BCUT2D eigenvalue weighted by Crippen LogP contribution is 2.33. The number of carbonyl (C=O) groups is 2. The van der Waals surface area contributed by atoms with E-state index in [2.05, 4.69) is 5.32 Å². The molecular weight excluding hydrogens is 410 g/mol. The Kier molecular flexibility index (Phi) is 5.99. The molecule has 3 aromatic rings. The summed E-state index contributed by atoms with van der Waals surface area (Å²) in [7, 11) is 0. The molecule has 0 saturated carbocycles. The summed E-state index contributed by atoms with van der Waals surface area (Å²) in [6, 6.07) is 10.9. The Morgan fingerprint density at radius 1 is 1.06 bits per heavy atom. The van der Waals surface area contributed by atoms with Crippen LogP contribution in [0.5, 0.6) is 5.75 Å². The lowest BCUT2D eigenvalue weighted by Crippen LogP contribution is -2.41. The van der Waals surface area contributed by atoms with Gasteiger partial charge in [0, 0.05) is 16.5 Å². The third-order valence-electron chi connectivity index (χ3n) is 5.93. The minimum atomic E-state index is -1.18. The van der Waals surface area contributed by atoms with Crippen LogP contribution in [0.2, 0.25) is 0 Å². The van der Waals surface area contributed by atoms with Crippen LogP contribution in [0, 0.1) is 6.92 Å². The molecule has 0 fully saturated rings. The molecule has 7 heteroatoms. The van der Waals surface area contributed by atoms with Gasteiger partial charge in [-0.1, -0.05) is 30.3 Å². The molecule has 166 valence electrons. The van der Waals surface area contributed by atoms with Crippen LogP contribution in [-0.2, 0) is 22.4 Å². The van der Waals surface area contributed by atoms with E-state index in [4.69, 9.17) is 9.15 Å². The van der Waals surface area contributed by atoms with E-state index in [-0.39, 0.29) is 5.63 Å². The van der Waals surface area contributed by atoms with Gasteiger partial charge in [-0.25, -0.2) is 9.59 Å². The zero-order valence-electron chi connectivity index (χ0n) is 18.0. The van der Waals surface area contributed by atoms with Gasteiger partial charge in [0.15, 0.2) is 12.1 Å². The molecule has 1 heterocycles. The quantitative estimate of drug-likeness (QED) is 0.572. The smallest absolute Gasteiger partial charge is 0.339 e. The van der Waals surface area contributed by atoms with Crippen LogP contribution >= 0.6 is 0 Å². The van der Waals surface area contributed by atoms with Gasteiger partial charge in [-0.05, 0) is 62.8 Å². The Hall–Kier alpha value is -3.61. The van der Waals surface area contributed by atoms with Crippen molar-refractivity contribution in [3.63, 3.8) is 0 Å². The van der Waals surface area contributed by atoms with Crippen LogP contribution in [0.3, 0.4) is 0 Å². The molecule has 1 aliphatic rings. The number of nitrogens with one attached hydrogen (secondary N) is 1. The van der Waals surface area contributed by atoms with Gasteiger partial charge in [0.05, 0.1) is 0 Å². The van der Waals surface area contributed by atoms with E-state index in [9.17, 15) is 19.5 Å². The molecule has 32 heavy (non-hydrogen) atoms. The fourth-order valence-corrected chi connectivity index (χ4v) is 4.19. The van der Waals surface area contributed by atoms with Gasteiger partial charge in [-0.3, -0.25) is 4.79 Å². The van der Waals surface area contributed by atoms with Gasteiger partial charge in [-0.15, -0.1) is 0 Å². The normalized spacial score (nSPS) is 14.9. The van der Waals surface area contributed by atoms with Crippen LogP contribution in [0.25, 0.3) is 11.0 Å². The number of rotatable bonds is 6. The SMILES string of the molecule is Cc1c(O[C@H](C)C(=O)N[C@H](C(=O)O)c2ccccc2)ccc2c3c(c(=O)oc12)CCCC3. The lowest BCUT2D eigenvalue weighted by molar-refractivity contribution is -0.143.